The molecular formula is C16H19F2NO2. The van der Waals surface area contributed by atoms with Crippen molar-refractivity contribution in [2.75, 3.05) is 0 Å². The number of hydrogen-bond acceptors (Lipinski definition) is 3. The third-order valence-electron chi connectivity index (χ3n) is 3.23. The highest BCUT2D eigenvalue weighted by Crippen LogP contribution is 2.20. The maximum absolute atomic E-state index is 12.3. The minimum atomic E-state index is -2.80. The van der Waals surface area contributed by atoms with Gasteiger partial charge in [-0.05, 0) is 31.5 Å². The zero-order valence-electron chi connectivity index (χ0n) is 11.9. The Morgan fingerprint density at radius 2 is 2.00 bits per heavy atom. The van der Waals surface area contributed by atoms with Gasteiger partial charge in [-0.2, -0.15) is 8.78 Å². The Hall–Kier alpha value is -1.88. The standard InChI is InChI=1S/C16H19F2NO2/c1-12(8-9-14-6-4-10-20-14)19-11-13-5-2-3-7-15(13)21-16(17)18/h2-7,10,12,16,19H,8-9,11H2,1H3. The molecule has 1 unspecified atom stereocenters. The van der Waals surface area contributed by atoms with Crippen molar-refractivity contribution in [1.29, 1.82) is 0 Å². The second kappa shape index (κ2) is 7.78. The van der Waals surface area contributed by atoms with Gasteiger partial charge < -0.3 is 14.5 Å². The molecule has 0 radical (unpaired) electrons. The normalized spacial score (nSPS) is 12.6. The number of benzene rings is 1. The van der Waals surface area contributed by atoms with Gasteiger partial charge in [0.1, 0.15) is 11.5 Å². The van der Waals surface area contributed by atoms with Crippen LogP contribution in [0.2, 0.25) is 0 Å². The van der Waals surface area contributed by atoms with Crippen molar-refractivity contribution < 1.29 is 17.9 Å². The van der Waals surface area contributed by atoms with Gasteiger partial charge in [0.15, 0.2) is 0 Å². The molecule has 5 heteroatoms. The summed E-state index contributed by atoms with van der Waals surface area (Å²) in [5.41, 5.74) is 0.725. The molecule has 1 aromatic carbocycles. The van der Waals surface area contributed by atoms with Crippen molar-refractivity contribution in [3.63, 3.8) is 0 Å². The van der Waals surface area contributed by atoms with Crippen LogP contribution in [0.25, 0.3) is 0 Å². The molecule has 1 N–H and O–H groups in total. The van der Waals surface area contributed by atoms with Gasteiger partial charge in [-0.1, -0.05) is 18.2 Å². The van der Waals surface area contributed by atoms with Crippen molar-refractivity contribution in [3.05, 3.63) is 54.0 Å². The van der Waals surface area contributed by atoms with E-state index in [0.717, 1.165) is 24.2 Å². The summed E-state index contributed by atoms with van der Waals surface area (Å²) in [6.45, 7) is -0.260. The van der Waals surface area contributed by atoms with Crippen LogP contribution >= 0.6 is 0 Å². The van der Waals surface area contributed by atoms with Crippen LogP contribution in [0.15, 0.2) is 47.1 Å². The predicted molar refractivity (Wildman–Crippen MR) is 76.4 cm³/mol. The van der Waals surface area contributed by atoms with E-state index in [0.29, 0.717) is 6.54 Å². The van der Waals surface area contributed by atoms with Crippen molar-refractivity contribution in [3.8, 4) is 5.75 Å². The largest absolute Gasteiger partial charge is 0.469 e. The fraction of sp³-hybridized carbons (Fsp3) is 0.375. The molecule has 0 amide bonds. The smallest absolute Gasteiger partial charge is 0.387 e. The quantitative estimate of drug-likeness (QED) is 0.799. The van der Waals surface area contributed by atoms with Gasteiger partial charge in [-0.15, -0.1) is 0 Å². The molecule has 2 rings (SSSR count). The van der Waals surface area contributed by atoms with E-state index in [2.05, 4.69) is 17.0 Å². The van der Waals surface area contributed by atoms with Gasteiger partial charge in [0.05, 0.1) is 6.26 Å². The molecule has 2 aromatic rings. The molecule has 3 nitrogen and oxygen atoms in total. The second-order valence-electron chi connectivity index (χ2n) is 4.89. The predicted octanol–water partition coefficient (Wildman–Crippen LogP) is 3.99. The van der Waals surface area contributed by atoms with Crippen LogP contribution < -0.4 is 10.1 Å². The Morgan fingerprint density at radius 1 is 1.19 bits per heavy atom. The molecular weight excluding hydrogens is 276 g/mol. The van der Waals surface area contributed by atoms with E-state index in [-0.39, 0.29) is 11.8 Å². The van der Waals surface area contributed by atoms with Crippen LogP contribution in [0.4, 0.5) is 8.78 Å². The van der Waals surface area contributed by atoms with Gasteiger partial charge in [0.2, 0.25) is 0 Å². The van der Waals surface area contributed by atoms with Crippen molar-refractivity contribution in [1.82, 2.24) is 5.32 Å². The van der Waals surface area contributed by atoms with E-state index >= 15 is 0 Å². The maximum Gasteiger partial charge on any atom is 0.387 e. The lowest BCUT2D eigenvalue weighted by Gasteiger charge is -2.15. The van der Waals surface area contributed by atoms with Crippen LogP contribution in [0, 0.1) is 0 Å². The number of para-hydroxylation sites is 1. The molecule has 1 heterocycles. The maximum atomic E-state index is 12.3. The first-order valence-corrected chi connectivity index (χ1v) is 6.93. The summed E-state index contributed by atoms with van der Waals surface area (Å²) in [4.78, 5) is 0. The van der Waals surface area contributed by atoms with Gasteiger partial charge in [-0.25, -0.2) is 0 Å². The Morgan fingerprint density at radius 3 is 2.71 bits per heavy atom. The number of rotatable bonds is 8. The molecule has 114 valence electrons. The van der Waals surface area contributed by atoms with Crippen LogP contribution in [0.1, 0.15) is 24.7 Å². The molecule has 21 heavy (non-hydrogen) atoms. The molecule has 0 spiro atoms. The number of hydrogen-bond donors (Lipinski definition) is 1. The Bertz CT molecular complexity index is 529. The fourth-order valence-corrected chi connectivity index (χ4v) is 2.06. The van der Waals surface area contributed by atoms with Crippen LogP contribution in [-0.2, 0) is 13.0 Å². The van der Waals surface area contributed by atoms with Gasteiger partial charge in [0.25, 0.3) is 0 Å². The molecule has 0 saturated carbocycles. The molecule has 1 aromatic heterocycles. The van der Waals surface area contributed by atoms with E-state index in [1.807, 2.05) is 18.2 Å². The van der Waals surface area contributed by atoms with Crippen LogP contribution in [0.5, 0.6) is 5.75 Å². The highest BCUT2D eigenvalue weighted by molar-refractivity contribution is 5.33. The Balaban J connectivity index is 1.81. The van der Waals surface area contributed by atoms with Crippen LogP contribution in [0.3, 0.4) is 0 Å². The number of nitrogens with one attached hydrogen (secondary N) is 1. The summed E-state index contributed by atoms with van der Waals surface area (Å²) in [6, 6.07) is 10.9. The average molecular weight is 295 g/mol. The van der Waals surface area contributed by atoms with Crippen molar-refractivity contribution in [2.45, 2.75) is 39.0 Å². The van der Waals surface area contributed by atoms with E-state index in [1.165, 1.54) is 0 Å². The van der Waals surface area contributed by atoms with Gasteiger partial charge in [0, 0.05) is 24.6 Å². The number of furan rings is 1. The highest BCUT2D eigenvalue weighted by Gasteiger charge is 2.10. The highest BCUT2D eigenvalue weighted by atomic mass is 19.3. The molecule has 0 aliphatic rings. The lowest BCUT2D eigenvalue weighted by atomic mass is 10.1. The molecule has 0 bridgehead atoms. The summed E-state index contributed by atoms with van der Waals surface area (Å²) >= 11 is 0. The molecule has 1 atom stereocenters. The minimum Gasteiger partial charge on any atom is -0.469 e. The van der Waals surface area contributed by atoms with E-state index in [4.69, 9.17) is 4.42 Å². The average Bonchev–Trinajstić information content (AvgIpc) is 2.97. The van der Waals surface area contributed by atoms with Crippen molar-refractivity contribution >= 4 is 0 Å². The molecule has 0 aliphatic heterocycles. The summed E-state index contributed by atoms with van der Waals surface area (Å²) in [6.07, 6.45) is 3.41. The number of halogens is 2. The summed E-state index contributed by atoms with van der Waals surface area (Å²) in [5, 5.41) is 3.31. The minimum absolute atomic E-state index is 0.221. The zero-order chi connectivity index (χ0) is 15.1. The van der Waals surface area contributed by atoms with E-state index in [9.17, 15) is 8.78 Å². The molecule has 0 saturated heterocycles. The summed E-state index contributed by atoms with van der Waals surface area (Å²) < 4.78 is 34.4. The first-order valence-electron chi connectivity index (χ1n) is 6.93. The van der Waals surface area contributed by atoms with E-state index in [1.54, 1.807) is 24.5 Å². The lowest BCUT2D eigenvalue weighted by Crippen LogP contribution is -2.26. The first-order chi connectivity index (χ1) is 10.1. The third kappa shape index (κ3) is 5.19. The first kappa shape index (κ1) is 15.5. The van der Waals surface area contributed by atoms with Gasteiger partial charge >= 0.3 is 6.61 Å². The second-order valence-corrected chi connectivity index (χ2v) is 4.89. The number of aryl methyl sites for hydroxylation is 1. The fourth-order valence-electron chi connectivity index (χ4n) is 2.06. The summed E-state index contributed by atoms with van der Waals surface area (Å²) in [5.74, 6) is 1.17. The van der Waals surface area contributed by atoms with Gasteiger partial charge in [-0.3, -0.25) is 0 Å². The topological polar surface area (TPSA) is 34.4 Å². The third-order valence-corrected chi connectivity index (χ3v) is 3.23. The monoisotopic (exact) mass is 295 g/mol. The van der Waals surface area contributed by atoms with E-state index < -0.39 is 6.61 Å². The van der Waals surface area contributed by atoms with Crippen LogP contribution in [-0.4, -0.2) is 12.7 Å². The Kier molecular flexibility index (Phi) is 5.75. The summed E-state index contributed by atoms with van der Waals surface area (Å²) in [7, 11) is 0. The SMILES string of the molecule is CC(CCc1ccco1)NCc1ccccc1OC(F)F. The number of alkyl halides is 2. The van der Waals surface area contributed by atoms with Crippen molar-refractivity contribution in [2.24, 2.45) is 0 Å². The number of ether oxygens (including phenoxy) is 1. The Labute approximate surface area is 122 Å². The molecule has 0 fully saturated rings. The molecule has 0 aliphatic carbocycles. The lowest BCUT2D eigenvalue weighted by molar-refractivity contribution is -0.0505. The zero-order valence-corrected chi connectivity index (χ0v) is 11.9.